The lowest BCUT2D eigenvalue weighted by molar-refractivity contribution is -0.139. The fraction of sp³-hybridized carbons (Fsp3) is 0.520. The molecule has 0 bridgehead atoms. The predicted octanol–water partition coefficient (Wildman–Crippen LogP) is 5.35. The Morgan fingerprint density at radius 3 is 2.64 bits per heavy atom. The molecule has 0 unspecified atom stereocenters. The van der Waals surface area contributed by atoms with Gasteiger partial charge in [0.1, 0.15) is 5.82 Å². The van der Waals surface area contributed by atoms with Gasteiger partial charge in [-0.3, -0.25) is 4.40 Å². The summed E-state index contributed by atoms with van der Waals surface area (Å²) in [5.74, 6) is 0.784. The number of imidazole rings is 1. The Morgan fingerprint density at radius 2 is 1.94 bits per heavy atom. The molecular weight excluding hydrogens is 514 g/mol. The predicted molar refractivity (Wildman–Crippen MR) is 134 cm³/mol. The van der Waals surface area contributed by atoms with E-state index in [0.29, 0.717) is 34.0 Å². The standard InChI is InChI=1S/C25H28Cl2F3N5O/c1-15(20-5-4-18(26)9-21(20)27)23-32-22(25(28,29)30)24-31-10-19(14-35(23)24)34-12-17(13-34)16-3-2-6-33(11-16)7-8-36/h4-5,9-10,14-17,36H,2-3,6-8,11-13H2,1H3/t15-,16+/m1/s1. The molecule has 0 amide bonds. The Morgan fingerprint density at radius 1 is 1.17 bits per heavy atom. The number of halogens is 5. The minimum atomic E-state index is -4.63. The van der Waals surface area contributed by atoms with E-state index in [4.69, 9.17) is 23.2 Å². The number of rotatable bonds is 6. The molecule has 3 aromatic rings. The number of anilines is 1. The second-order valence-electron chi connectivity index (χ2n) is 9.80. The van der Waals surface area contributed by atoms with Crippen LogP contribution in [0.1, 0.15) is 42.8 Å². The number of likely N-dealkylation sites (tertiary alicyclic amines) is 1. The molecule has 6 nitrogen and oxygen atoms in total. The first-order chi connectivity index (χ1) is 17.2. The molecule has 194 valence electrons. The largest absolute Gasteiger partial charge is 0.437 e. The molecule has 1 aromatic carbocycles. The maximum absolute atomic E-state index is 13.8. The molecule has 2 atom stereocenters. The van der Waals surface area contributed by atoms with Crippen LogP contribution in [-0.4, -0.2) is 63.7 Å². The fourth-order valence-electron chi connectivity index (χ4n) is 5.48. The van der Waals surface area contributed by atoms with Gasteiger partial charge < -0.3 is 14.9 Å². The molecule has 1 N–H and O–H groups in total. The van der Waals surface area contributed by atoms with Crippen molar-refractivity contribution in [1.29, 1.82) is 0 Å². The molecule has 0 radical (unpaired) electrons. The molecule has 5 rings (SSSR count). The van der Waals surface area contributed by atoms with Gasteiger partial charge in [-0.15, -0.1) is 0 Å². The smallest absolute Gasteiger partial charge is 0.395 e. The molecule has 11 heteroatoms. The van der Waals surface area contributed by atoms with E-state index in [-0.39, 0.29) is 18.1 Å². The molecule has 2 aliphatic rings. The van der Waals surface area contributed by atoms with Gasteiger partial charge >= 0.3 is 6.18 Å². The summed E-state index contributed by atoms with van der Waals surface area (Å²) < 4.78 is 42.9. The molecule has 36 heavy (non-hydrogen) atoms. The van der Waals surface area contributed by atoms with Crippen LogP contribution < -0.4 is 4.90 Å². The van der Waals surface area contributed by atoms with Gasteiger partial charge in [0.25, 0.3) is 0 Å². The summed E-state index contributed by atoms with van der Waals surface area (Å²) in [5, 5.41) is 10.1. The summed E-state index contributed by atoms with van der Waals surface area (Å²) in [6.45, 7) is 6.32. The van der Waals surface area contributed by atoms with Crippen LogP contribution in [0.4, 0.5) is 18.9 Å². The summed E-state index contributed by atoms with van der Waals surface area (Å²) in [4.78, 5) is 12.7. The minimum Gasteiger partial charge on any atom is -0.395 e. The number of aliphatic hydroxyl groups excluding tert-OH is 1. The maximum Gasteiger partial charge on any atom is 0.437 e. The first kappa shape index (κ1) is 25.6. The lowest BCUT2D eigenvalue weighted by Crippen LogP contribution is -2.53. The van der Waals surface area contributed by atoms with Crippen LogP contribution in [0.2, 0.25) is 10.0 Å². The zero-order valence-electron chi connectivity index (χ0n) is 19.8. The summed E-state index contributed by atoms with van der Waals surface area (Å²) in [7, 11) is 0. The molecule has 2 fully saturated rings. The van der Waals surface area contributed by atoms with Crippen molar-refractivity contribution >= 4 is 34.5 Å². The van der Waals surface area contributed by atoms with Crippen LogP contribution in [0.15, 0.2) is 30.6 Å². The topological polar surface area (TPSA) is 56.9 Å². The summed E-state index contributed by atoms with van der Waals surface area (Å²) in [6, 6.07) is 4.95. The molecule has 2 saturated heterocycles. The molecule has 4 heterocycles. The van der Waals surface area contributed by atoms with Crippen LogP contribution in [0, 0.1) is 11.8 Å². The van der Waals surface area contributed by atoms with E-state index in [1.54, 1.807) is 31.3 Å². The number of nitrogens with zero attached hydrogens (tertiary/aromatic N) is 5. The highest BCUT2D eigenvalue weighted by molar-refractivity contribution is 6.35. The normalized spacial score (nSPS) is 20.6. The number of β-amino-alcohol motifs (C(OH)–C–C–N with tert-alkyl or cyclic N) is 1. The van der Waals surface area contributed by atoms with Gasteiger partial charge in [0, 0.05) is 48.3 Å². The van der Waals surface area contributed by atoms with Crippen LogP contribution in [-0.2, 0) is 6.18 Å². The second-order valence-corrected chi connectivity index (χ2v) is 10.6. The van der Waals surface area contributed by atoms with Crippen LogP contribution in [0.25, 0.3) is 5.65 Å². The van der Waals surface area contributed by atoms with Crippen LogP contribution in [0.5, 0.6) is 0 Å². The first-order valence-electron chi connectivity index (χ1n) is 12.1. The third-order valence-corrected chi connectivity index (χ3v) is 8.04. The van der Waals surface area contributed by atoms with Crippen molar-refractivity contribution in [1.82, 2.24) is 19.3 Å². The Balaban J connectivity index is 1.42. The first-order valence-corrected chi connectivity index (χ1v) is 12.9. The van der Waals surface area contributed by atoms with Gasteiger partial charge in [-0.1, -0.05) is 36.2 Å². The number of hydrogen-bond donors (Lipinski definition) is 1. The lowest BCUT2D eigenvalue weighted by atomic mass is 9.80. The van der Waals surface area contributed by atoms with E-state index in [9.17, 15) is 18.3 Å². The number of alkyl halides is 3. The van der Waals surface area contributed by atoms with Crippen molar-refractivity contribution in [2.45, 2.75) is 31.9 Å². The van der Waals surface area contributed by atoms with Crippen molar-refractivity contribution in [2.75, 3.05) is 44.2 Å². The summed E-state index contributed by atoms with van der Waals surface area (Å²) in [5.41, 5.74) is 0.181. The highest BCUT2D eigenvalue weighted by Crippen LogP contribution is 2.38. The number of aliphatic hydroxyl groups is 1. The van der Waals surface area contributed by atoms with E-state index >= 15 is 0 Å². The van der Waals surface area contributed by atoms with Gasteiger partial charge in [-0.25, -0.2) is 9.97 Å². The van der Waals surface area contributed by atoms with E-state index in [2.05, 4.69) is 19.8 Å². The van der Waals surface area contributed by atoms with E-state index in [1.807, 2.05) is 0 Å². The molecule has 2 aromatic heterocycles. The van der Waals surface area contributed by atoms with Gasteiger partial charge in [0.2, 0.25) is 0 Å². The maximum atomic E-state index is 13.8. The fourth-order valence-corrected chi connectivity index (χ4v) is 6.05. The third-order valence-electron chi connectivity index (χ3n) is 7.48. The number of piperidine rings is 1. The van der Waals surface area contributed by atoms with Crippen molar-refractivity contribution in [3.63, 3.8) is 0 Å². The highest BCUT2D eigenvalue weighted by Gasteiger charge is 2.40. The summed E-state index contributed by atoms with van der Waals surface area (Å²) in [6.07, 6.45) is 0.863. The Kier molecular flexibility index (Phi) is 7.11. The quantitative estimate of drug-likeness (QED) is 0.456. The second kappa shape index (κ2) is 10.0. The summed E-state index contributed by atoms with van der Waals surface area (Å²) >= 11 is 12.4. The van der Waals surface area contributed by atoms with Gasteiger partial charge in [0.05, 0.1) is 18.5 Å². The number of aromatic nitrogens is 3. The minimum absolute atomic E-state index is 0.169. The third kappa shape index (κ3) is 4.90. The van der Waals surface area contributed by atoms with E-state index in [0.717, 1.165) is 44.7 Å². The Bertz CT molecular complexity index is 1240. The van der Waals surface area contributed by atoms with E-state index < -0.39 is 17.8 Å². The Hall–Kier alpha value is -2.07. The average molecular weight is 542 g/mol. The monoisotopic (exact) mass is 541 g/mol. The van der Waals surface area contributed by atoms with Crippen molar-refractivity contribution < 1.29 is 18.3 Å². The highest BCUT2D eigenvalue weighted by atomic mass is 35.5. The van der Waals surface area contributed by atoms with Crippen molar-refractivity contribution in [2.24, 2.45) is 11.8 Å². The van der Waals surface area contributed by atoms with Crippen LogP contribution >= 0.6 is 23.2 Å². The molecule has 0 saturated carbocycles. The zero-order chi connectivity index (χ0) is 25.6. The van der Waals surface area contributed by atoms with Gasteiger partial charge in [0.15, 0.2) is 11.3 Å². The van der Waals surface area contributed by atoms with Gasteiger partial charge in [-0.2, -0.15) is 13.2 Å². The Labute approximate surface area is 217 Å². The van der Waals surface area contributed by atoms with Crippen molar-refractivity contribution in [3.8, 4) is 0 Å². The lowest BCUT2D eigenvalue weighted by Gasteiger charge is -2.47. The van der Waals surface area contributed by atoms with Crippen molar-refractivity contribution in [3.05, 3.63) is 57.7 Å². The van der Waals surface area contributed by atoms with Crippen LogP contribution in [0.3, 0.4) is 0 Å². The van der Waals surface area contributed by atoms with Gasteiger partial charge in [-0.05, 0) is 48.9 Å². The zero-order valence-corrected chi connectivity index (χ0v) is 21.4. The molecule has 0 aliphatic carbocycles. The molecule has 2 aliphatic heterocycles. The number of fused-ring (bicyclic) bond motifs is 1. The van der Waals surface area contributed by atoms with E-state index in [1.165, 1.54) is 10.6 Å². The average Bonchev–Trinajstić information content (AvgIpc) is 3.18. The molecular formula is C25H28Cl2F3N5O. The number of hydrogen-bond acceptors (Lipinski definition) is 5. The SMILES string of the molecule is C[C@H](c1ccc(Cl)cc1Cl)c1nc(C(F)(F)F)c2ncc(N3CC([C@H]4CCCN(CCO)C4)C3)cn12. The molecule has 0 spiro atoms. The number of benzene rings is 1.